The van der Waals surface area contributed by atoms with Crippen molar-refractivity contribution in [3.63, 3.8) is 0 Å². The fourth-order valence-electron chi connectivity index (χ4n) is 3.02. The molecule has 3 aromatic carbocycles. The van der Waals surface area contributed by atoms with Gasteiger partial charge in [0.15, 0.2) is 0 Å². The predicted octanol–water partition coefficient (Wildman–Crippen LogP) is 5.87. The minimum absolute atomic E-state index is 0.167. The summed E-state index contributed by atoms with van der Waals surface area (Å²) in [6.45, 7) is 3.51. The molecule has 30 heavy (non-hydrogen) atoms. The second kappa shape index (κ2) is 8.34. The summed E-state index contributed by atoms with van der Waals surface area (Å²) in [5, 5.41) is 9.20. The van der Waals surface area contributed by atoms with E-state index in [2.05, 4.69) is 40.0 Å². The number of fused-ring (bicyclic) bond motifs is 1. The average Bonchev–Trinajstić information content (AvgIpc) is 3.11. The van der Waals surface area contributed by atoms with Gasteiger partial charge in [-0.3, -0.25) is 4.79 Å². The summed E-state index contributed by atoms with van der Waals surface area (Å²) in [4.78, 5) is 28.2. The van der Waals surface area contributed by atoms with Crippen LogP contribution < -0.4 is 16.0 Å². The molecule has 0 bridgehead atoms. The number of rotatable bonds is 4. The van der Waals surface area contributed by atoms with Gasteiger partial charge in [0.2, 0.25) is 5.91 Å². The number of benzene rings is 3. The molecule has 0 aliphatic heterocycles. The Morgan fingerprint density at radius 3 is 2.27 bits per heavy atom. The van der Waals surface area contributed by atoms with Gasteiger partial charge in [0, 0.05) is 29.5 Å². The quantitative estimate of drug-likeness (QED) is 0.389. The van der Waals surface area contributed by atoms with Gasteiger partial charge in [-0.2, -0.15) is 0 Å². The van der Waals surface area contributed by atoms with E-state index in [0.717, 1.165) is 20.8 Å². The van der Waals surface area contributed by atoms with Crippen molar-refractivity contribution >= 4 is 50.6 Å². The lowest BCUT2D eigenvalue weighted by molar-refractivity contribution is -0.114. The number of aromatic nitrogens is 1. The number of nitrogens with zero attached hydrogens (tertiary/aromatic N) is 1. The third-order valence-corrected chi connectivity index (χ3v) is 5.44. The molecule has 0 saturated carbocycles. The third-order valence-electron chi connectivity index (χ3n) is 4.37. The molecular formula is C23H20N4O2S. The van der Waals surface area contributed by atoms with E-state index in [9.17, 15) is 9.59 Å². The molecule has 4 aromatic rings. The van der Waals surface area contributed by atoms with Gasteiger partial charge in [-0.1, -0.05) is 12.1 Å². The highest BCUT2D eigenvalue weighted by atomic mass is 32.1. The average molecular weight is 417 g/mol. The lowest BCUT2D eigenvalue weighted by Gasteiger charge is -2.09. The lowest BCUT2D eigenvalue weighted by atomic mass is 10.2. The van der Waals surface area contributed by atoms with Crippen LogP contribution in [0, 0.1) is 6.92 Å². The Labute approximate surface area is 178 Å². The maximum Gasteiger partial charge on any atom is 0.323 e. The SMILES string of the molecule is CC(=O)Nc1cccc(NC(=O)Nc2ccc(-c3nc4ccc(C)cc4s3)cc2)c1. The molecular weight excluding hydrogens is 396 g/mol. The van der Waals surface area contributed by atoms with Gasteiger partial charge in [0.25, 0.3) is 0 Å². The third kappa shape index (κ3) is 4.64. The van der Waals surface area contributed by atoms with Crippen molar-refractivity contribution in [1.29, 1.82) is 0 Å². The molecule has 0 saturated heterocycles. The number of amides is 3. The smallest absolute Gasteiger partial charge is 0.323 e. The van der Waals surface area contributed by atoms with Crippen LogP contribution in [0.2, 0.25) is 0 Å². The first kappa shape index (κ1) is 19.6. The van der Waals surface area contributed by atoms with E-state index in [4.69, 9.17) is 0 Å². The van der Waals surface area contributed by atoms with Crippen molar-refractivity contribution in [1.82, 2.24) is 4.98 Å². The largest absolute Gasteiger partial charge is 0.326 e. The highest BCUT2D eigenvalue weighted by Gasteiger charge is 2.08. The van der Waals surface area contributed by atoms with Crippen molar-refractivity contribution in [2.24, 2.45) is 0 Å². The summed E-state index contributed by atoms with van der Waals surface area (Å²) in [6, 6.07) is 20.4. The maximum absolute atomic E-state index is 12.3. The Morgan fingerprint density at radius 2 is 1.53 bits per heavy atom. The first-order chi connectivity index (χ1) is 14.5. The number of nitrogens with one attached hydrogen (secondary N) is 3. The molecule has 0 aliphatic carbocycles. The Balaban J connectivity index is 1.42. The summed E-state index contributed by atoms with van der Waals surface area (Å²) in [5.74, 6) is -0.167. The zero-order valence-electron chi connectivity index (χ0n) is 16.5. The van der Waals surface area contributed by atoms with E-state index >= 15 is 0 Å². The van der Waals surface area contributed by atoms with Crippen molar-refractivity contribution in [3.05, 3.63) is 72.3 Å². The highest BCUT2D eigenvalue weighted by Crippen LogP contribution is 2.31. The molecule has 6 nitrogen and oxygen atoms in total. The minimum atomic E-state index is -0.363. The number of anilines is 3. The van der Waals surface area contributed by atoms with Crippen LogP contribution in [0.3, 0.4) is 0 Å². The first-order valence-electron chi connectivity index (χ1n) is 9.39. The molecule has 1 heterocycles. The zero-order chi connectivity index (χ0) is 21.1. The summed E-state index contributed by atoms with van der Waals surface area (Å²) in [7, 11) is 0. The molecule has 3 amide bonds. The van der Waals surface area contributed by atoms with Gasteiger partial charge in [-0.05, 0) is 67.1 Å². The van der Waals surface area contributed by atoms with Crippen LogP contribution in [0.5, 0.6) is 0 Å². The van der Waals surface area contributed by atoms with Crippen LogP contribution in [-0.2, 0) is 4.79 Å². The van der Waals surface area contributed by atoms with E-state index < -0.39 is 0 Å². The second-order valence-electron chi connectivity index (χ2n) is 6.91. The van der Waals surface area contributed by atoms with Crippen molar-refractivity contribution in [2.45, 2.75) is 13.8 Å². The van der Waals surface area contributed by atoms with Crippen LogP contribution in [0.1, 0.15) is 12.5 Å². The zero-order valence-corrected chi connectivity index (χ0v) is 17.3. The lowest BCUT2D eigenvalue weighted by Crippen LogP contribution is -2.19. The standard InChI is InChI=1S/C23H20N4O2S/c1-14-6-11-20-21(12-14)30-22(27-20)16-7-9-17(10-8-16)25-23(29)26-19-5-3-4-18(13-19)24-15(2)28/h3-13H,1-2H3,(H,24,28)(H2,25,26,29). The Kier molecular flexibility index (Phi) is 5.45. The molecule has 0 spiro atoms. The molecule has 4 rings (SSSR count). The van der Waals surface area contributed by atoms with E-state index in [0.29, 0.717) is 17.1 Å². The normalized spacial score (nSPS) is 10.6. The van der Waals surface area contributed by atoms with Crippen LogP contribution >= 0.6 is 11.3 Å². The molecule has 0 fully saturated rings. The van der Waals surface area contributed by atoms with Crippen LogP contribution in [-0.4, -0.2) is 16.9 Å². The molecule has 1 aromatic heterocycles. The van der Waals surface area contributed by atoms with Crippen molar-refractivity contribution < 1.29 is 9.59 Å². The van der Waals surface area contributed by atoms with Gasteiger partial charge in [0.1, 0.15) is 5.01 Å². The highest BCUT2D eigenvalue weighted by molar-refractivity contribution is 7.21. The number of aryl methyl sites for hydroxylation is 1. The summed E-state index contributed by atoms with van der Waals surface area (Å²) in [6.07, 6.45) is 0. The number of hydrogen-bond acceptors (Lipinski definition) is 4. The van der Waals surface area contributed by atoms with E-state index in [1.54, 1.807) is 35.6 Å². The molecule has 7 heteroatoms. The number of hydrogen-bond donors (Lipinski definition) is 3. The Morgan fingerprint density at radius 1 is 0.833 bits per heavy atom. The monoisotopic (exact) mass is 416 g/mol. The van der Waals surface area contributed by atoms with Gasteiger partial charge in [-0.15, -0.1) is 11.3 Å². The maximum atomic E-state index is 12.3. The molecule has 3 N–H and O–H groups in total. The summed E-state index contributed by atoms with van der Waals surface area (Å²) < 4.78 is 1.16. The Bertz CT molecular complexity index is 1230. The van der Waals surface area contributed by atoms with E-state index in [1.165, 1.54) is 12.5 Å². The fraction of sp³-hybridized carbons (Fsp3) is 0.0870. The van der Waals surface area contributed by atoms with E-state index in [1.807, 2.05) is 30.3 Å². The van der Waals surface area contributed by atoms with Crippen LogP contribution in [0.25, 0.3) is 20.8 Å². The summed E-state index contributed by atoms with van der Waals surface area (Å²) >= 11 is 1.65. The van der Waals surface area contributed by atoms with Gasteiger partial charge in [0.05, 0.1) is 10.2 Å². The van der Waals surface area contributed by atoms with Gasteiger partial charge < -0.3 is 16.0 Å². The molecule has 0 radical (unpaired) electrons. The number of carbonyl (C=O) groups is 2. The topological polar surface area (TPSA) is 83.1 Å². The van der Waals surface area contributed by atoms with E-state index in [-0.39, 0.29) is 11.9 Å². The number of carbonyl (C=O) groups excluding carboxylic acids is 2. The second-order valence-corrected chi connectivity index (χ2v) is 7.94. The number of thiazole rings is 1. The molecule has 0 atom stereocenters. The fourth-order valence-corrected chi connectivity index (χ4v) is 4.09. The molecule has 0 unspecified atom stereocenters. The molecule has 0 aliphatic rings. The summed E-state index contributed by atoms with van der Waals surface area (Å²) in [5.41, 5.74) is 5.08. The predicted molar refractivity (Wildman–Crippen MR) is 123 cm³/mol. The van der Waals surface area contributed by atoms with Gasteiger partial charge >= 0.3 is 6.03 Å². The van der Waals surface area contributed by atoms with Gasteiger partial charge in [-0.25, -0.2) is 9.78 Å². The van der Waals surface area contributed by atoms with Crippen molar-refractivity contribution in [2.75, 3.05) is 16.0 Å². The van der Waals surface area contributed by atoms with Crippen LogP contribution in [0.4, 0.5) is 21.9 Å². The van der Waals surface area contributed by atoms with Crippen LogP contribution in [0.15, 0.2) is 66.7 Å². The minimum Gasteiger partial charge on any atom is -0.326 e. The number of urea groups is 1. The van der Waals surface area contributed by atoms with Crippen molar-refractivity contribution in [3.8, 4) is 10.6 Å². The Hall–Kier alpha value is -3.71. The first-order valence-corrected chi connectivity index (χ1v) is 10.2. The molecule has 150 valence electrons.